The second kappa shape index (κ2) is 3.27. The lowest BCUT2D eigenvalue weighted by atomic mass is 10.4. The molecule has 2 rings (SSSR count). The highest BCUT2D eigenvalue weighted by atomic mass is 32.2. The topological polar surface area (TPSA) is 52.5 Å². The third-order valence-corrected chi connectivity index (χ3v) is 3.60. The van der Waals surface area contributed by atoms with E-state index in [0.717, 1.165) is 11.5 Å². The standard InChI is InChI=1S/C8H5F2N3S/c9-6-1-7(10)14(4-6)8-5(2-11)3-12-13-8/h1,3-4,14H,(H,12,13). The monoisotopic (exact) mass is 213 g/mol. The first-order valence-electron chi connectivity index (χ1n) is 3.70. The van der Waals surface area contributed by atoms with Crippen LogP contribution < -0.4 is 0 Å². The van der Waals surface area contributed by atoms with Crippen molar-refractivity contribution in [2.75, 3.05) is 0 Å². The van der Waals surface area contributed by atoms with Gasteiger partial charge in [0.1, 0.15) is 27.6 Å². The third-order valence-electron chi connectivity index (χ3n) is 1.71. The van der Waals surface area contributed by atoms with E-state index in [-0.39, 0.29) is 10.6 Å². The number of H-pyrrole nitrogens is 1. The smallest absolute Gasteiger partial charge is 0.148 e. The molecule has 1 unspecified atom stereocenters. The average Bonchev–Trinajstić information content (AvgIpc) is 2.71. The molecule has 1 aromatic rings. The summed E-state index contributed by atoms with van der Waals surface area (Å²) in [7, 11) is -1.54. The minimum absolute atomic E-state index is 0.255. The second-order valence-electron chi connectivity index (χ2n) is 2.59. The molecule has 6 heteroatoms. The molecule has 1 aliphatic heterocycles. The summed E-state index contributed by atoms with van der Waals surface area (Å²) in [5.74, 6) is -0.611. The lowest BCUT2D eigenvalue weighted by Gasteiger charge is -2.07. The van der Waals surface area contributed by atoms with E-state index in [1.54, 1.807) is 0 Å². The fourth-order valence-corrected chi connectivity index (χ4v) is 2.69. The molecule has 72 valence electrons. The van der Waals surface area contributed by atoms with Crippen LogP contribution in [0.15, 0.2) is 33.7 Å². The number of rotatable bonds is 1. The molecule has 0 bridgehead atoms. The Kier molecular flexibility index (Phi) is 2.09. The van der Waals surface area contributed by atoms with E-state index in [0.29, 0.717) is 0 Å². The molecule has 1 N–H and O–H groups in total. The lowest BCUT2D eigenvalue weighted by Crippen LogP contribution is -1.82. The van der Waals surface area contributed by atoms with E-state index in [1.165, 1.54) is 6.20 Å². The molecular weight excluding hydrogens is 208 g/mol. The molecule has 0 aromatic carbocycles. The molecule has 2 heterocycles. The molecule has 0 saturated heterocycles. The Morgan fingerprint density at radius 2 is 2.29 bits per heavy atom. The normalized spacial score (nSPS) is 22.8. The van der Waals surface area contributed by atoms with Gasteiger partial charge in [0, 0.05) is 12.3 Å². The van der Waals surface area contributed by atoms with Crippen LogP contribution in [-0.2, 0) is 0 Å². The van der Waals surface area contributed by atoms with Crippen molar-refractivity contribution >= 4 is 10.9 Å². The van der Waals surface area contributed by atoms with Gasteiger partial charge in [-0.25, -0.2) is 8.78 Å². The summed E-state index contributed by atoms with van der Waals surface area (Å²) < 4.78 is 25.8. The Morgan fingerprint density at radius 1 is 1.50 bits per heavy atom. The van der Waals surface area contributed by atoms with Crippen molar-refractivity contribution in [1.29, 1.82) is 5.26 Å². The summed E-state index contributed by atoms with van der Waals surface area (Å²) in [4.78, 5) is 0. The number of aromatic amines is 1. The first-order valence-corrected chi connectivity index (χ1v) is 5.11. The highest BCUT2D eigenvalue weighted by molar-refractivity contribution is 8.23. The molecule has 1 atom stereocenters. The van der Waals surface area contributed by atoms with Gasteiger partial charge in [-0.15, -0.1) is 10.9 Å². The first-order chi connectivity index (χ1) is 6.72. The Hall–Kier alpha value is -1.61. The number of hydrogen-bond donors (Lipinski definition) is 2. The molecule has 0 radical (unpaired) electrons. The predicted octanol–water partition coefficient (Wildman–Crippen LogP) is 2.28. The quantitative estimate of drug-likeness (QED) is 0.703. The maximum atomic E-state index is 13.2. The van der Waals surface area contributed by atoms with Crippen molar-refractivity contribution in [2.45, 2.75) is 5.03 Å². The van der Waals surface area contributed by atoms with Gasteiger partial charge in [-0.1, -0.05) is 0 Å². The van der Waals surface area contributed by atoms with Crippen molar-refractivity contribution in [1.82, 2.24) is 10.2 Å². The molecular formula is C8H5F2N3S. The average molecular weight is 213 g/mol. The first kappa shape index (κ1) is 8.97. The Labute approximate surface area is 81.1 Å². The van der Waals surface area contributed by atoms with Crippen molar-refractivity contribution in [2.24, 2.45) is 0 Å². The van der Waals surface area contributed by atoms with Crippen LogP contribution in [0.3, 0.4) is 0 Å². The molecule has 0 saturated carbocycles. The van der Waals surface area contributed by atoms with E-state index in [1.807, 2.05) is 6.07 Å². The number of nitriles is 1. The molecule has 0 amide bonds. The number of nitrogens with one attached hydrogen (secondary N) is 1. The molecule has 1 aromatic heterocycles. The van der Waals surface area contributed by atoms with Gasteiger partial charge in [0.25, 0.3) is 0 Å². The summed E-state index contributed by atoms with van der Waals surface area (Å²) in [5.41, 5.74) is 0.255. The zero-order valence-corrected chi connectivity index (χ0v) is 7.72. The largest absolute Gasteiger partial charge is 0.283 e. The van der Waals surface area contributed by atoms with Gasteiger partial charge in [0.05, 0.1) is 0 Å². The fraction of sp³-hybridized carbons (Fsp3) is 0. The Bertz CT molecular complexity index is 469. The summed E-state index contributed by atoms with van der Waals surface area (Å²) in [6.07, 6.45) is 2.19. The van der Waals surface area contributed by atoms with Gasteiger partial charge in [-0.2, -0.15) is 10.4 Å². The Morgan fingerprint density at radius 3 is 2.86 bits per heavy atom. The van der Waals surface area contributed by atoms with Gasteiger partial charge < -0.3 is 0 Å². The van der Waals surface area contributed by atoms with Crippen molar-refractivity contribution in [3.05, 3.63) is 34.2 Å². The number of allylic oxidation sites excluding steroid dienone is 2. The molecule has 14 heavy (non-hydrogen) atoms. The van der Waals surface area contributed by atoms with E-state index in [4.69, 9.17) is 5.26 Å². The van der Waals surface area contributed by atoms with Crippen LogP contribution in [0.2, 0.25) is 0 Å². The molecule has 0 fully saturated rings. The zero-order valence-electron chi connectivity index (χ0n) is 6.83. The minimum Gasteiger partial charge on any atom is -0.283 e. The number of nitrogens with zero attached hydrogens (tertiary/aromatic N) is 2. The van der Waals surface area contributed by atoms with E-state index >= 15 is 0 Å². The number of thiol groups is 1. The molecule has 0 spiro atoms. The minimum atomic E-state index is -1.54. The fourth-order valence-electron chi connectivity index (χ4n) is 1.12. The van der Waals surface area contributed by atoms with Crippen molar-refractivity contribution in [3.8, 4) is 6.07 Å². The maximum absolute atomic E-state index is 13.2. The van der Waals surface area contributed by atoms with E-state index in [9.17, 15) is 8.78 Å². The van der Waals surface area contributed by atoms with Gasteiger partial charge in [-0.3, -0.25) is 5.10 Å². The summed E-state index contributed by atoms with van der Waals surface area (Å²) >= 11 is 0. The predicted molar refractivity (Wildman–Crippen MR) is 48.9 cm³/mol. The van der Waals surface area contributed by atoms with Crippen LogP contribution >= 0.6 is 10.9 Å². The number of halogens is 2. The van der Waals surface area contributed by atoms with E-state index < -0.39 is 21.9 Å². The van der Waals surface area contributed by atoms with Crippen molar-refractivity contribution in [3.63, 3.8) is 0 Å². The SMILES string of the molecule is N#Cc1c[nH]nc1[SH]1C=C(F)C=C1F. The number of hydrogen-bond acceptors (Lipinski definition) is 2. The third kappa shape index (κ3) is 1.32. The zero-order chi connectivity index (χ0) is 10.1. The summed E-state index contributed by atoms with van der Waals surface area (Å²) in [6, 6.07) is 1.86. The second-order valence-corrected chi connectivity index (χ2v) is 4.43. The van der Waals surface area contributed by atoms with Crippen LogP contribution in [-0.4, -0.2) is 10.2 Å². The molecule has 1 aliphatic rings. The van der Waals surface area contributed by atoms with Crippen LogP contribution in [0.4, 0.5) is 8.78 Å². The van der Waals surface area contributed by atoms with E-state index in [2.05, 4.69) is 10.2 Å². The number of aromatic nitrogens is 2. The molecule has 3 nitrogen and oxygen atoms in total. The molecule has 0 aliphatic carbocycles. The summed E-state index contributed by atoms with van der Waals surface area (Å²) in [5, 5.41) is 15.7. The summed E-state index contributed by atoms with van der Waals surface area (Å²) in [6.45, 7) is 0. The van der Waals surface area contributed by atoms with Gasteiger partial charge in [0.15, 0.2) is 0 Å². The van der Waals surface area contributed by atoms with Gasteiger partial charge >= 0.3 is 0 Å². The van der Waals surface area contributed by atoms with Crippen LogP contribution in [0.25, 0.3) is 0 Å². The van der Waals surface area contributed by atoms with Gasteiger partial charge in [-0.05, 0) is 5.41 Å². The highest BCUT2D eigenvalue weighted by Gasteiger charge is 2.22. The van der Waals surface area contributed by atoms with Crippen molar-refractivity contribution < 1.29 is 8.78 Å². The van der Waals surface area contributed by atoms with Crippen LogP contribution in [0.5, 0.6) is 0 Å². The Balaban J connectivity index is 2.43. The highest BCUT2D eigenvalue weighted by Crippen LogP contribution is 2.51. The van der Waals surface area contributed by atoms with Crippen LogP contribution in [0, 0.1) is 11.3 Å². The van der Waals surface area contributed by atoms with Crippen LogP contribution in [0.1, 0.15) is 5.56 Å². The van der Waals surface area contributed by atoms with Gasteiger partial charge in [0.2, 0.25) is 0 Å². The lowest BCUT2D eigenvalue weighted by molar-refractivity contribution is 0.653. The maximum Gasteiger partial charge on any atom is 0.148 e.